The van der Waals surface area contributed by atoms with E-state index in [-0.39, 0.29) is 4.90 Å². The molecule has 0 aliphatic carbocycles. The molecule has 1 fully saturated rings. The third-order valence-electron chi connectivity index (χ3n) is 5.65. The smallest absolute Gasteiger partial charge is 0.341 e. The van der Waals surface area contributed by atoms with Gasteiger partial charge in [0.1, 0.15) is 5.75 Å². The van der Waals surface area contributed by atoms with Crippen molar-refractivity contribution < 1.29 is 27.8 Å². The molecule has 1 aliphatic heterocycles. The molecule has 1 aliphatic rings. The summed E-state index contributed by atoms with van der Waals surface area (Å²) in [6.45, 7) is 3.91. The van der Waals surface area contributed by atoms with E-state index in [2.05, 4.69) is 17.9 Å². The molecule has 8 nitrogen and oxygen atoms in total. The fraction of sp³-hybridized carbons (Fsp3) is 0.409. The molecule has 2 N–H and O–H groups in total. The molecule has 0 aromatic heterocycles. The van der Waals surface area contributed by atoms with Gasteiger partial charge < -0.3 is 14.6 Å². The fourth-order valence-corrected chi connectivity index (χ4v) is 6.02. The number of carbonyl (C=O) groups is 1. The Hall–Kier alpha value is -2.11. The van der Waals surface area contributed by atoms with E-state index in [1.54, 1.807) is 26.2 Å². The molecular weight excluding hydrogens is 452 g/mol. The number of aliphatic carboxylic acids is 1. The van der Waals surface area contributed by atoms with Crippen LogP contribution in [0.2, 0.25) is 0 Å². The highest BCUT2D eigenvalue weighted by atomic mass is 32.2. The number of carboxylic acid groups (broad SMARTS) is 1. The van der Waals surface area contributed by atoms with E-state index in [4.69, 9.17) is 9.47 Å². The van der Waals surface area contributed by atoms with Crippen molar-refractivity contribution in [3.05, 3.63) is 48.5 Å². The minimum Gasteiger partial charge on any atom is -0.497 e. The number of benzene rings is 2. The molecule has 0 amide bonds. The number of rotatable bonds is 9. The van der Waals surface area contributed by atoms with Crippen LogP contribution in [-0.4, -0.2) is 74.6 Å². The molecule has 1 heterocycles. The molecular formula is C22H28N2O6S2. The Labute approximate surface area is 193 Å². The first-order chi connectivity index (χ1) is 15.2. The normalized spacial score (nSPS) is 18.0. The summed E-state index contributed by atoms with van der Waals surface area (Å²) in [7, 11) is -2.74. The molecule has 3 rings (SSSR count). The predicted molar refractivity (Wildman–Crippen MR) is 125 cm³/mol. The van der Waals surface area contributed by atoms with Gasteiger partial charge in [0.05, 0.1) is 31.4 Å². The number of ether oxygens (including phenoxy) is 2. The molecule has 10 heteroatoms. The quantitative estimate of drug-likeness (QED) is 0.469. The van der Waals surface area contributed by atoms with Gasteiger partial charge in [0.15, 0.2) is 0 Å². The average Bonchev–Trinajstić information content (AvgIpc) is 2.82. The van der Waals surface area contributed by atoms with Crippen LogP contribution < -0.4 is 10.1 Å². The number of hydrogen-bond acceptors (Lipinski definition) is 8. The summed E-state index contributed by atoms with van der Waals surface area (Å²) >= 11 is 4.14. The van der Waals surface area contributed by atoms with Crippen LogP contribution >= 0.6 is 12.6 Å². The van der Waals surface area contributed by atoms with Crippen molar-refractivity contribution in [2.45, 2.75) is 22.9 Å². The Kier molecular flexibility index (Phi) is 7.84. The summed E-state index contributed by atoms with van der Waals surface area (Å²) in [6.07, 6.45) is -0.504. The Balaban J connectivity index is 1.91. The third kappa shape index (κ3) is 4.79. The lowest BCUT2D eigenvalue weighted by molar-refractivity contribution is -0.141. The number of methoxy groups -OCH3 is 1. The fourth-order valence-electron chi connectivity index (χ4n) is 3.66. The van der Waals surface area contributed by atoms with Gasteiger partial charge in [-0.15, -0.1) is 0 Å². The van der Waals surface area contributed by atoms with Gasteiger partial charge in [-0.25, -0.2) is 13.2 Å². The van der Waals surface area contributed by atoms with E-state index in [1.807, 2.05) is 29.2 Å². The minimum absolute atomic E-state index is 0.0899. The van der Waals surface area contributed by atoms with Crippen molar-refractivity contribution in [1.82, 2.24) is 10.2 Å². The van der Waals surface area contributed by atoms with Crippen molar-refractivity contribution in [3.8, 4) is 16.9 Å². The first-order valence-corrected chi connectivity index (χ1v) is 12.3. The Morgan fingerprint density at radius 2 is 1.69 bits per heavy atom. The summed E-state index contributed by atoms with van der Waals surface area (Å²) in [5.41, 5.74) is 1.68. The van der Waals surface area contributed by atoms with Crippen molar-refractivity contribution in [1.29, 1.82) is 0 Å². The molecule has 0 radical (unpaired) electrons. The van der Waals surface area contributed by atoms with Crippen LogP contribution in [0.5, 0.6) is 5.75 Å². The lowest BCUT2D eigenvalue weighted by Crippen LogP contribution is -2.65. The number of carboxylic acids is 1. The summed E-state index contributed by atoms with van der Waals surface area (Å²) in [5.74, 6) is -1.21. The Bertz CT molecular complexity index is 1020. The van der Waals surface area contributed by atoms with E-state index in [0.717, 1.165) is 11.1 Å². The number of nitrogens with one attached hydrogen (secondary N) is 1. The number of morpholine rings is 1. The van der Waals surface area contributed by atoms with Crippen LogP contribution in [0.4, 0.5) is 0 Å². The molecule has 0 spiro atoms. The molecule has 2 aromatic rings. The number of hydrogen-bond donors (Lipinski definition) is 3. The van der Waals surface area contributed by atoms with Crippen LogP contribution in [0.1, 0.15) is 6.92 Å². The monoisotopic (exact) mass is 480 g/mol. The van der Waals surface area contributed by atoms with E-state index >= 15 is 0 Å². The van der Waals surface area contributed by atoms with Crippen molar-refractivity contribution in [3.63, 3.8) is 0 Å². The zero-order valence-corrected chi connectivity index (χ0v) is 19.7. The lowest BCUT2D eigenvalue weighted by Gasteiger charge is -2.38. The van der Waals surface area contributed by atoms with Gasteiger partial charge in [0.2, 0.25) is 14.7 Å². The maximum absolute atomic E-state index is 13.5. The second-order valence-electron chi connectivity index (χ2n) is 7.52. The summed E-state index contributed by atoms with van der Waals surface area (Å²) in [6, 6.07) is 13.5. The minimum atomic E-state index is -4.32. The molecule has 32 heavy (non-hydrogen) atoms. The van der Waals surface area contributed by atoms with Gasteiger partial charge in [0.25, 0.3) is 0 Å². The second kappa shape index (κ2) is 10.2. The molecule has 1 unspecified atom stereocenters. The average molecular weight is 481 g/mol. The molecule has 2 atom stereocenters. The molecule has 1 saturated heterocycles. The standard InChI is InChI=1S/C22H28N2O6S2/c1-16(24-11-13-30-14-12-24)23-22(15-31,21(25)26)32(27,28)20-9-5-18(6-10-20)17-3-7-19(29-2)8-4-17/h3-10,16,23,31H,11-15H2,1-2H3,(H,25,26)/t16?,22-/m1/s1. The van der Waals surface area contributed by atoms with Gasteiger partial charge in [-0.05, 0) is 42.3 Å². The highest BCUT2D eigenvalue weighted by Crippen LogP contribution is 2.29. The van der Waals surface area contributed by atoms with Crippen LogP contribution in [0.3, 0.4) is 0 Å². The largest absolute Gasteiger partial charge is 0.497 e. The first kappa shape index (κ1) is 24.5. The zero-order chi connectivity index (χ0) is 23.4. The van der Waals surface area contributed by atoms with Gasteiger partial charge in [-0.3, -0.25) is 10.2 Å². The van der Waals surface area contributed by atoms with E-state index in [0.29, 0.717) is 32.1 Å². The number of nitrogens with zero attached hydrogens (tertiary/aromatic N) is 1. The molecule has 0 bridgehead atoms. The van der Waals surface area contributed by atoms with Crippen LogP contribution in [0, 0.1) is 0 Å². The lowest BCUT2D eigenvalue weighted by atomic mass is 10.1. The van der Waals surface area contributed by atoms with Gasteiger partial charge in [-0.1, -0.05) is 24.3 Å². The van der Waals surface area contributed by atoms with Gasteiger partial charge >= 0.3 is 5.97 Å². The Morgan fingerprint density at radius 1 is 1.16 bits per heavy atom. The van der Waals surface area contributed by atoms with Crippen LogP contribution in [-0.2, 0) is 19.4 Å². The number of sulfone groups is 1. The second-order valence-corrected chi connectivity index (χ2v) is 10.0. The highest BCUT2D eigenvalue weighted by Gasteiger charge is 2.52. The van der Waals surface area contributed by atoms with E-state index < -0.39 is 32.6 Å². The third-order valence-corrected chi connectivity index (χ3v) is 8.59. The maximum atomic E-state index is 13.5. The summed E-state index contributed by atoms with van der Waals surface area (Å²) < 4.78 is 37.5. The van der Waals surface area contributed by atoms with Crippen molar-refractivity contribution in [2.24, 2.45) is 0 Å². The first-order valence-electron chi connectivity index (χ1n) is 10.2. The molecule has 0 saturated carbocycles. The van der Waals surface area contributed by atoms with E-state index in [1.165, 1.54) is 12.1 Å². The summed E-state index contributed by atoms with van der Waals surface area (Å²) in [4.78, 5) is 11.9. The van der Waals surface area contributed by atoms with Gasteiger partial charge in [-0.2, -0.15) is 12.6 Å². The highest BCUT2D eigenvalue weighted by molar-refractivity contribution is 7.94. The van der Waals surface area contributed by atoms with Crippen molar-refractivity contribution >= 4 is 28.4 Å². The SMILES string of the molecule is COc1ccc(-c2ccc(S(=O)(=O)[C@@](CS)(NC(C)N3CCOCC3)C(=O)O)cc2)cc1. The topological polar surface area (TPSA) is 105 Å². The Morgan fingerprint density at radius 3 is 2.16 bits per heavy atom. The molecule has 174 valence electrons. The predicted octanol–water partition coefficient (Wildman–Crippen LogP) is 2.11. The van der Waals surface area contributed by atoms with Crippen LogP contribution in [0.25, 0.3) is 11.1 Å². The molecule has 2 aromatic carbocycles. The van der Waals surface area contributed by atoms with Gasteiger partial charge in [0, 0.05) is 18.8 Å². The van der Waals surface area contributed by atoms with E-state index in [9.17, 15) is 18.3 Å². The van der Waals surface area contributed by atoms with Crippen LogP contribution in [0.15, 0.2) is 53.4 Å². The maximum Gasteiger partial charge on any atom is 0.341 e. The number of thiol groups is 1. The zero-order valence-electron chi connectivity index (χ0n) is 18.0. The van der Waals surface area contributed by atoms with Crippen molar-refractivity contribution in [2.75, 3.05) is 39.2 Å². The summed E-state index contributed by atoms with van der Waals surface area (Å²) in [5, 5.41) is 12.8.